The van der Waals surface area contributed by atoms with E-state index >= 15 is 0 Å². The van der Waals surface area contributed by atoms with Crippen LogP contribution in [0.3, 0.4) is 0 Å². The molecule has 0 atom stereocenters. The molecule has 1 amide bonds. The van der Waals surface area contributed by atoms with Crippen LogP contribution in [0.5, 0.6) is 5.75 Å². The molecule has 3 aromatic rings. The van der Waals surface area contributed by atoms with Crippen LogP contribution in [-0.2, 0) is 0 Å². The summed E-state index contributed by atoms with van der Waals surface area (Å²) in [4.78, 5) is 12.0. The van der Waals surface area contributed by atoms with Gasteiger partial charge >= 0.3 is 0 Å². The number of rotatable bonds is 5. The molecule has 0 spiro atoms. The van der Waals surface area contributed by atoms with Gasteiger partial charge < -0.3 is 14.6 Å². The molecule has 0 aliphatic carbocycles. The monoisotopic (exact) mass is 336 g/mol. The minimum absolute atomic E-state index is 0.0851. The van der Waals surface area contributed by atoms with Gasteiger partial charge in [0.15, 0.2) is 5.76 Å². The molecule has 0 aliphatic rings. The summed E-state index contributed by atoms with van der Waals surface area (Å²) >= 11 is 0. The van der Waals surface area contributed by atoms with E-state index in [2.05, 4.69) is 10.5 Å². The van der Waals surface area contributed by atoms with Gasteiger partial charge in [0.2, 0.25) is 0 Å². The van der Waals surface area contributed by atoms with Gasteiger partial charge in [0.1, 0.15) is 11.4 Å². The van der Waals surface area contributed by atoms with Crippen LogP contribution < -0.4 is 10.1 Å². The average molecular weight is 336 g/mol. The number of nitrogens with one attached hydrogen (secondary N) is 1. The second kappa shape index (κ2) is 7.21. The third kappa shape index (κ3) is 3.88. The van der Waals surface area contributed by atoms with E-state index < -0.39 is 0 Å². The van der Waals surface area contributed by atoms with E-state index in [0.717, 1.165) is 22.6 Å². The predicted molar refractivity (Wildman–Crippen MR) is 96.5 cm³/mol. The van der Waals surface area contributed by atoms with Crippen molar-refractivity contribution in [3.8, 4) is 28.3 Å². The number of benzene rings is 2. The van der Waals surface area contributed by atoms with Gasteiger partial charge in [0, 0.05) is 28.8 Å². The number of carbonyl (C=O) groups excluding carboxylic acids is 1. The topological polar surface area (TPSA) is 64.4 Å². The summed E-state index contributed by atoms with van der Waals surface area (Å²) in [6.07, 6.45) is 0. The molecule has 0 saturated heterocycles. The number of carbonyl (C=O) groups is 1. The third-order valence-corrected chi connectivity index (χ3v) is 3.75. The minimum Gasteiger partial charge on any atom is -0.497 e. The summed E-state index contributed by atoms with van der Waals surface area (Å²) in [7, 11) is 1.63. The van der Waals surface area contributed by atoms with E-state index in [-0.39, 0.29) is 11.9 Å². The molecule has 0 bridgehead atoms. The number of methoxy groups -OCH3 is 1. The van der Waals surface area contributed by atoms with Crippen LogP contribution in [0, 0.1) is 0 Å². The normalized spacial score (nSPS) is 10.7. The lowest BCUT2D eigenvalue weighted by atomic mass is 10.1. The summed E-state index contributed by atoms with van der Waals surface area (Å²) in [5, 5.41) is 6.99. The predicted octanol–water partition coefficient (Wildman–Crippen LogP) is 4.16. The molecule has 5 heteroatoms. The molecular weight excluding hydrogens is 316 g/mol. The van der Waals surface area contributed by atoms with Crippen molar-refractivity contribution in [2.24, 2.45) is 0 Å². The quantitative estimate of drug-likeness (QED) is 0.760. The first-order chi connectivity index (χ1) is 12.1. The van der Waals surface area contributed by atoms with Crippen LogP contribution >= 0.6 is 0 Å². The third-order valence-electron chi connectivity index (χ3n) is 3.75. The van der Waals surface area contributed by atoms with Crippen molar-refractivity contribution >= 4 is 5.91 Å². The summed E-state index contributed by atoms with van der Waals surface area (Å²) in [5.41, 5.74) is 3.18. The molecule has 0 aliphatic heterocycles. The summed E-state index contributed by atoms with van der Waals surface area (Å²) in [5.74, 6) is 1.36. The Morgan fingerprint density at radius 3 is 2.28 bits per heavy atom. The van der Waals surface area contributed by atoms with Gasteiger partial charge in [-0.25, -0.2) is 0 Å². The van der Waals surface area contributed by atoms with Crippen molar-refractivity contribution in [2.75, 3.05) is 7.11 Å². The first-order valence-corrected chi connectivity index (χ1v) is 8.09. The van der Waals surface area contributed by atoms with Crippen LogP contribution in [0.1, 0.15) is 24.2 Å². The van der Waals surface area contributed by atoms with Crippen LogP contribution in [0.25, 0.3) is 22.6 Å². The Morgan fingerprint density at radius 1 is 1.04 bits per heavy atom. The molecule has 5 nitrogen and oxygen atoms in total. The molecular formula is C20H20N2O3. The molecule has 1 N–H and O–H groups in total. The van der Waals surface area contributed by atoms with Gasteiger partial charge in [-0.05, 0) is 50.2 Å². The number of hydrogen-bond acceptors (Lipinski definition) is 4. The highest BCUT2D eigenvalue weighted by atomic mass is 16.5. The second-order valence-electron chi connectivity index (χ2n) is 6.01. The number of amides is 1. The zero-order chi connectivity index (χ0) is 17.8. The van der Waals surface area contributed by atoms with Crippen LogP contribution in [-0.4, -0.2) is 24.2 Å². The van der Waals surface area contributed by atoms with Crippen molar-refractivity contribution in [1.29, 1.82) is 0 Å². The molecule has 0 radical (unpaired) electrons. The zero-order valence-electron chi connectivity index (χ0n) is 14.4. The Labute approximate surface area is 146 Å². The average Bonchev–Trinajstić information content (AvgIpc) is 3.11. The lowest BCUT2D eigenvalue weighted by Gasteiger charge is -2.08. The molecule has 25 heavy (non-hydrogen) atoms. The lowest BCUT2D eigenvalue weighted by molar-refractivity contribution is 0.0943. The molecule has 0 saturated carbocycles. The Balaban J connectivity index is 1.78. The van der Waals surface area contributed by atoms with E-state index in [4.69, 9.17) is 9.26 Å². The van der Waals surface area contributed by atoms with Crippen molar-refractivity contribution in [2.45, 2.75) is 19.9 Å². The molecule has 0 fully saturated rings. The molecule has 0 unspecified atom stereocenters. The fourth-order valence-corrected chi connectivity index (χ4v) is 2.44. The Morgan fingerprint density at radius 2 is 1.68 bits per heavy atom. The highest BCUT2D eigenvalue weighted by Gasteiger charge is 2.11. The van der Waals surface area contributed by atoms with E-state index in [9.17, 15) is 4.79 Å². The van der Waals surface area contributed by atoms with Crippen molar-refractivity contribution in [3.63, 3.8) is 0 Å². The second-order valence-corrected chi connectivity index (χ2v) is 6.01. The van der Waals surface area contributed by atoms with Gasteiger partial charge in [-0.2, -0.15) is 0 Å². The van der Waals surface area contributed by atoms with Crippen molar-refractivity contribution in [3.05, 3.63) is 60.2 Å². The fourth-order valence-electron chi connectivity index (χ4n) is 2.44. The van der Waals surface area contributed by atoms with E-state index in [0.29, 0.717) is 11.3 Å². The number of aromatic nitrogens is 1. The van der Waals surface area contributed by atoms with Gasteiger partial charge in [-0.3, -0.25) is 4.79 Å². The fraction of sp³-hybridized carbons (Fsp3) is 0.200. The summed E-state index contributed by atoms with van der Waals surface area (Å²) in [6.45, 7) is 3.86. The first-order valence-electron chi connectivity index (χ1n) is 8.09. The maximum absolute atomic E-state index is 12.0. The maximum Gasteiger partial charge on any atom is 0.251 e. The first kappa shape index (κ1) is 16.8. The molecule has 3 rings (SSSR count). The number of hydrogen-bond donors (Lipinski definition) is 1. The molecule has 1 heterocycles. The number of ether oxygens (including phenoxy) is 1. The highest BCUT2D eigenvalue weighted by Crippen LogP contribution is 2.27. The molecule has 2 aromatic carbocycles. The van der Waals surface area contributed by atoms with Crippen LogP contribution in [0.4, 0.5) is 0 Å². The smallest absolute Gasteiger partial charge is 0.251 e. The van der Waals surface area contributed by atoms with Gasteiger partial charge in [0.05, 0.1) is 7.11 Å². The zero-order valence-corrected chi connectivity index (χ0v) is 14.4. The maximum atomic E-state index is 12.0. The van der Waals surface area contributed by atoms with Crippen molar-refractivity contribution in [1.82, 2.24) is 10.5 Å². The van der Waals surface area contributed by atoms with E-state index in [1.54, 1.807) is 19.2 Å². The minimum atomic E-state index is -0.0851. The van der Waals surface area contributed by atoms with Crippen molar-refractivity contribution < 1.29 is 14.1 Å². The van der Waals surface area contributed by atoms with Gasteiger partial charge in [-0.1, -0.05) is 17.3 Å². The number of nitrogens with zero attached hydrogens (tertiary/aromatic N) is 1. The summed E-state index contributed by atoms with van der Waals surface area (Å²) < 4.78 is 10.6. The summed E-state index contributed by atoms with van der Waals surface area (Å²) in [6, 6.07) is 16.9. The van der Waals surface area contributed by atoms with E-state index in [1.165, 1.54) is 0 Å². The molecule has 1 aromatic heterocycles. The lowest BCUT2D eigenvalue weighted by Crippen LogP contribution is -2.29. The molecule has 128 valence electrons. The SMILES string of the molecule is COc1ccc(-c2cc(-c3ccc(C(=O)NC(C)C)cc3)on2)cc1. The van der Waals surface area contributed by atoms with Crippen LogP contribution in [0.15, 0.2) is 59.1 Å². The highest BCUT2D eigenvalue weighted by molar-refractivity contribution is 5.94. The van der Waals surface area contributed by atoms with Gasteiger partial charge in [0.25, 0.3) is 5.91 Å². The standard InChI is InChI=1S/C20H20N2O3/c1-13(2)21-20(23)16-6-4-15(5-7-16)19-12-18(22-25-19)14-8-10-17(24-3)11-9-14/h4-13H,1-3H3,(H,21,23). The Bertz CT molecular complexity index is 849. The Hall–Kier alpha value is -3.08. The largest absolute Gasteiger partial charge is 0.497 e. The van der Waals surface area contributed by atoms with E-state index in [1.807, 2.05) is 56.3 Å². The van der Waals surface area contributed by atoms with Crippen LogP contribution in [0.2, 0.25) is 0 Å². The Kier molecular flexibility index (Phi) is 4.84. The van der Waals surface area contributed by atoms with Gasteiger partial charge in [-0.15, -0.1) is 0 Å².